The smallest absolute Gasteiger partial charge is 0.338 e. The number of urea groups is 1. The monoisotopic (exact) mass is 422 g/mol. The van der Waals surface area contributed by atoms with E-state index in [-0.39, 0.29) is 19.4 Å². The summed E-state index contributed by atoms with van der Waals surface area (Å²) in [4.78, 5) is 26.7. The van der Waals surface area contributed by atoms with E-state index < -0.39 is 12.0 Å². The third-order valence-corrected chi connectivity index (χ3v) is 4.95. The van der Waals surface area contributed by atoms with Crippen LogP contribution in [0.5, 0.6) is 11.5 Å². The number of hydrogen-bond donors (Lipinski definition) is 1. The Morgan fingerprint density at radius 3 is 2.81 bits per heavy atom. The van der Waals surface area contributed by atoms with Gasteiger partial charge in [-0.2, -0.15) is 0 Å². The first-order valence-electron chi connectivity index (χ1n) is 8.13. The van der Waals surface area contributed by atoms with Crippen LogP contribution in [0.3, 0.4) is 0 Å². The molecular formula is C18H19BrN2O5. The van der Waals surface area contributed by atoms with Gasteiger partial charge in [-0.3, -0.25) is 4.90 Å². The average molecular weight is 423 g/mol. The van der Waals surface area contributed by atoms with E-state index in [4.69, 9.17) is 14.2 Å². The lowest BCUT2D eigenvalue weighted by Crippen LogP contribution is -2.48. The fraction of sp³-hybridized carbons (Fsp3) is 0.333. The number of nitrogens with one attached hydrogen (secondary N) is 1. The number of carbonyl (C=O) groups excluding carboxylic acids is 2. The van der Waals surface area contributed by atoms with Crippen LogP contribution in [-0.2, 0) is 9.53 Å². The Hall–Kier alpha value is -2.48. The van der Waals surface area contributed by atoms with Gasteiger partial charge in [0.1, 0.15) is 6.61 Å². The van der Waals surface area contributed by atoms with Crippen molar-refractivity contribution in [2.45, 2.75) is 19.9 Å². The molecule has 26 heavy (non-hydrogen) atoms. The normalized spacial score (nSPS) is 18.7. The van der Waals surface area contributed by atoms with Crippen LogP contribution < -0.4 is 14.8 Å². The van der Waals surface area contributed by atoms with Crippen LogP contribution in [0.1, 0.15) is 25.5 Å². The van der Waals surface area contributed by atoms with E-state index in [9.17, 15) is 9.59 Å². The van der Waals surface area contributed by atoms with Gasteiger partial charge in [0, 0.05) is 16.7 Å². The largest absolute Gasteiger partial charge is 0.458 e. The number of ether oxygens (including phenoxy) is 3. The fourth-order valence-electron chi connectivity index (χ4n) is 3.03. The van der Waals surface area contributed by atoms with Gasteiger partial charge in [-0.05, 0) is 31.5 Å². The number of benzene rings is 1. The SMILES string of the molecule is C=CCOC(=O)C1=C(C)N(CC)C(=O)NC1c1cc2c(cc1Br)OCO2. The minimum atomic E-state index is -0.675. The summed E-state index contributed by atoms with van der Waals surface area (Å²) in [6, 6.07) is 2.57. The molecule has 1 atom stereocenters. The lowest BCUT2D eigenvalue weighted by atomic mass is 9.94. The molecule has 8 heteroatoms. The van der Waals surface area contributed by atoms with Gasteiger partial charge in [0.15, 0.2) is 11.5 Å². The maximum Gasteiger partial charge on any atom is 0.338 e. The molecule has 0 saturated heterocycles. The Morgan fingerprint density at radius 2 is 2.15 bits per heavy atom. The van der Waals surface area contributed by atoms with Crippen LogP contribution in [0.15, 0.2) is 40.5 Å². The summed E-state index contributed by atoms with van der Waals surface area (Å²) in [6.07, 6.45) is 1.50. The molecule has 0 aromatic heterocycles. The van der Waals surface area contributed by atoms with Gasteiger partial charge in [0.05, 0.1) is 11.6 Å². The Labute approximate surface area is 159 Å². The molecule has 1 unspecified atom stereocenters. The summed E-state index contributed by atoms with van der Waals surface area (Å²) in [7, 11) is 0. The summed E-state index contributed by atoms with van der Waals surface area (Å²) in [6.45, 7) is 7.79. The molecule has 0 bridgehead atoms. The van der Waals surface area contributed by atoms with Crippen molar-refractivity contribution < 1.29 is 23.8 Å². The van der Waals surface area contributed by atoms with Crippen molar-refractivity contribution in [3.05, 3.63) is 46.1 Å². The van der Waals surface area contributed by atoms with Crippen molar-refractivity contribution in [1.29, 1.82) is 0 Å². The second-order valence-electron chi connectivity index (χ2n) is 5.74. The van der Waals surface area contributed by atoms with Gasteiger partial charge in [-0.15, -0.1) is 0 Å². The molecule has 2 aliphatic heterocycles. The van der Waals surface area contributed by atoms with E-state index in [0.717, 1.165) is 0 Å². The predicted octanol–water partition coefficient (Wildman–Crippen LogP) is 3.27. The molecule has 138 valence electrons. The second kappa shape index (κ2) is 7.41. The third-order valence-electron chi connectivity index (χ3n) is 4.27. The number of rotatable bonds is 5. The predicted molar refractivity (Wildman–Crippen MR) is 97.8 cm³/mol. The molecule has 0 aliphatic carbocycles. The Balaban J connectivity index is 2.09. The summed E-state index contributed by atoms with van der Waals surface area (Å²) < 4.78 is 16.7. The van der Waals surface area contributed by atoms with Gasteiger partial charge in [0.25, 0.3) is 0 Å². The minimum Gasteiger partial charge on any atom is -0.458 e. The van der Waals surface area contributed by atoms with Gasteiger partial charge >= 0.3 is 12.0 Å². The maximum absolute atomic E-state index is 12.7. The summed E-state index contributed by atoms with van der Waals surface area (Å²) in [5.74, 6) is 0.664. The highest BCUT2D eigenvalue weighted by molar-refractivity contribution is 9.10. The molecule has 0 spiro atoms. The van der Waals surface area contributed by atoms with Crippen LogP contribution >= 0.6 is 15.9 Å². The number of allylic oxidation sites excluding steroid dienone is 1. The highest BCUT2D eigenvalue weighted by atomic mass is 79.9. The standard InChI is InChI=1S/C18H19BrN2O5/c1-4-6-24-17(22)15-10(3)21(5-2)18(23)20-16(15)11-7-13-14(8-12(11)19)26-9-25-13/h4,7-8,16H,1,5-6,9H2,2-3H3,(H,20,23). The molecule has 1 aromatic rings. The van der Waals surface area contributed by atoms with Crippen molar-refractivity contribution in [2.75, 3.05) is 19.9 Å². The summed E-state index contributed by atoms with van der Waals surface area (Å²) >= 11 is 3.50. The van der Waals surface area contributed by atoms with E-state index in [1.54, 1.807) is 19.1 Å². The fourth-order valence-corrected chi connectivity index (χ4v) is 3.58. The number of esters is 1. The zero-order valence-electron chi connectivity index (χ0n) is 14.5. The van der Waals surface area contributed by atoms with E-state index in [2.05, 4.69) is 27.8 Å². The lowest BCUT2D eigenvalue weighted by molar-refractivity contribution is -0.138. The minimum absolute atomic E-state index is 0.0880. The molecule has 2 heterocycles. The molecule has 7 nitrogen and oxygen atoms in total. The van der Waals surface area contributed by atoms with E-state index in [0.29, 0.717) is 39.4 Å². The Morgan fingerprint density at radius 1 is 1.46 bits per heavy atom. The molecule has 2 amide bonds. The number of amides is 2. The van der Waals surface area contributed by atoms with E-state index >= 15 is 0 Å². The van der Waals surface area contributed by atoms with E-state index in [1.165, 1.54) is 11.0 Å². The topological polar surface area (TPSA) is 77.1 Å². The van der Waals surface area contributed by atoms with Gasteiger partial charge in [-0.1, -0.05) is 28.6 Å². The van der Waals surface area contributed by atoms with Crippen LogP contribution in [0.2, 0.25) is 0 Å². The third kappa shape index (κ3) is 3.16. The van der Waals surface area contributed by atoms with E-state index in [1.807, 2.05) is 6.92 Å². The van der Waals surface area contributed by atoms with Crippen LogP contribution in [0.4, 0.5) is 4.79 Å². The van der Waals surface area contributed by atoms with Crippen molar-refractivity contribution in [2.24, 2.45) is 0 Å². The second-order valence-corrected chi connectivity index (χ2v) is 6.59. The van der Waals surface area contributed by atoms with Crippen LogP contribution in [0, 0.1) is 0 Å². The molecular weight excluding hydrogens is 404 g/mol. The number of hydrogen-bond acceptors (Lipinski definition) is 5. The maximum atomic E-state index is 12.7. The van der Waals surface area contributed by atoms with Gasteiger partial charge in [-0.25, -0.2) is 9.59 Å². The Bertz CT molecular complexity index is 805. The van der Waals surface area contributed by atoms with Crippen LogP contribution in [-0.4, -0.2) is 36.8 Å². The zero-order valence-corrected chi connectivity index (χ0v) is 16.1. The summed E-state index contributed by atoms with van der Waals surface area (Å²) in [5, 5.41) is 2.88. The van der Waals surface area contributed by atoms with Gasteiger partial charge < -0.3 is 19.5 Å². The van der Waals surface area contributed by atoms with Gasteiger partial charge in [0.2, 0.25) is 6.79 Å². The molecule has 1 aromatic carbocycles. The first kappa shape index (κ1) is 18.3. The van der Waals surface area contributed by atoms with Crippen molar-refractivity contribution >= 4 is 27.9 Å². The highest BCUT2D eigenvalue weighted by Gasteiger charge is 2.37. The van der Waals surface area contributed by atoms with Crippen molar-refractivity contribution in [1.82, 2.24) is 10.2 Å². The first-order valence-corrected chi connectivity index (χ1v) is 8.93. The number of fused-ring (bicyclic) bond motifs is 1. The molecule has 0 radical (unpaired) electrons. The number of halogens is 1. The van der Waals surface area contributed by atoms with Crippen molar-refractivity contribution in [3.63, 3.8) is 0 Å². The lowest BCUT2D eigenvalue weighted by Gasteiger charge is -2.35. The molecule has 0 saturated carbocycles. The molecule has 3 rings (SSSR count). The zero-order chi connectivity index (χ0) is 18.8. The average Bonchev–Trinajstić information content (AvgIpc) is 3.06. The number of carbonyl (C=O) groups is 2. The summed E-state index contributed by atoms with van der Waals surface area (Å²) in [5.41, 5.74) is 1.61. The molecule has 1 N–H and O–H groups in total. The quantitative estimate of drug-likeness (QED) is 0.581. The van der Waals surface area contributed by atoms with Crippen LogP contribution in [0.25, 0.3) is 0 Å². The Kier molecular flexibility index (Phi) is 5.22. The van der Waals surface area contributed by atoms with Crippen molar-refractivity contribution in [3.8, 4) is 11.5 Å². The number of nitrogens with zero attached hydrogens (tertiary/aromatic N) is 1. The highest BCUT2D eigenvalue weighted by Crippen LogP contribution is 2.42. The first-order chi connectivity index (χ1) is 12.5. The molecule has 2 aliphatic rings. The molecule has 0 fully saturated rings.